The molecule has 4 aliphatic carbocycles. The van der Waals surface area contributed by atoms with Crippen LogP contribution in [-0.4, -0.2) is 17.6 Å². The van der Waals surface area contributed by atoms with E-state index in [9.17, 15) is 4.79 Å². The van der Waals surface area contributed by atoms with Gasteiger partial charge in [-0.3, -0.25) is 10.1 Å². The molecule has 0 unspecified atom stereocenters. The summed E-state index contributed by atoms with van der Waals surface area (Å²) in [6, 6.07) is 8.30. The smallest absolute Gasteiger partial charge is 0.237 e. The molecule has 0 heterocycles. The summed E-state index contributed by atoms with van der Waals surface area (Å²) in [6.45, 7) is 4.23. The second kappa shape index (κ2) is 6.31. The van der Waals surface area contributed by atoms with Crippen molar-refractivity contribution in [1.29, 1.82) is 0 Å². The van der Waals surface area contributed by atoms with Gasteiger partial charge in [0.05, 0.1) is 5.54 Å². The Kier molecular flexibility index (Phi) is 4.27. The van der Waals surface area contributed by atoms with Gasteiger partial charge in [0.2, 0.25) is 5.91 Å². The summed E-state index contributed by atoms with van der Waals surface area (Å²) in [5.41, 5.74) is 5.83. The number of nitrogens with two attached hydrogens (primary N) is 1. The minimum atomic E-state index is -0.699. The maximum atomic E-state index is 11.4. The minimum Gasteiger partial charge on any atom is -0.490 e. The second-order valence-corrected chi connectivity index (χ2v) is 9.00. The molecule has 4 fully saturated rings. The number of amides is 1. The standard InChI is InChI=1S/C21H30N2O2/c1-21(2,20(22)24)23-12-13-3-5-18(6-4-13)25-19-16-8-14-7-15(10-16)11-17(19)9-14/h3-6,14-17,19,23H,7-12H2,1-2H3,(H2,22,24). The normalized spacial score (nSPS) is 33.4. The third-order valence-corrected chi connectivity index (χ3v) is 6.69. The number of primary amides is 1. The number of hydrogen-bond donors (Lipinski definition) is 2. The molecule has 136 valence electrons. The van der Waals surface area contributed by atoms with Crippen molar-refractivity contribution >= 4 is 5.91 Å². The lowest BCUT2D eigenvalue weighted by atomic mass is 9.55. The van der Waals surface area contributed by atoms with Crippen molar-refractivity contribution in [3.8, 4) is 5.75 Å². The van der Waals surface area contributed by atoms with Gasteiger partial charge in [-0.2, -0.15) is 0 Å². The molecule has 0 saturated heterocycles. The average Bonchev–Trinajstić information content (AvgIpc) is 2.56. The van der Waals surface area contributed by atoms with Crippen molar-refractivity contribution in [3.05, 3.63) is 29.8 Å². The molecular weight excluding hydrogens is 312 g/mol. The van der Waals surface area contributed by atoms with Crippen molar-refractivity contribution in [1.82, 2.24) is 5.32 Å². The number of hydrogen-bond acceptors (Lipinski definition) is 3. The van der Waals surface area contributed by atoms with Gasteiger partial charge < -0.3 is 10.5 Å². The fraction of sp³-hybridized carbons (Fsp3) is 0.667. The summed E-state index contributed by atoms with van der Waals surface area (Å²) in [7, 11) is 0. The largest absolute Gasteiger partial charge is 0.490 e. The Hall–Kier alpha value is -1.55. The van der Waals surface area contributed by atoms with Crippen LogP contribution in [0.25, 0.3) is 0 Å². The third-order valence-electron chi connectivity index (χ3n) is 6.69. The SMILES string of the molecule is CC(C)(NCc1ccc(OC2C3CC4CC(C3)CC2C4)cc1)C(N)=O. The molecule has 4 aliphatic rings. The maximum Gasteiger partial charge on any atom is 0.237 e. The van der Waals surface area contributed by atoms with E-state index in [0.717, 1.165) is 35.0 Å². The molecule has 25 heavy (non-hydrogen) atoms. The van der Waals surface area contributed by atoms with Gasteiger partial charge in [-0.25, -0.2) is 0 Å². The molecule has 4 nitrogen and oxygen atoms in total. The molecule has 0 aromatic heterocycles. The predicted octanol–water partition coefficient (Wildman–Crippen LogP) is 3.24. The van der Waals surface area contributed by atoms with Crippen LogP contribution in [-0.2, 0) is 11.3 Å². The molecule has 4 heteroatoms. The number of carbonyl (C=O) groups is 1. The fourth-order valence-electron chi connectivity index (χ4n) is 5.32. The molecule has 0 atom stereocenters. The summed E-state index contributed by atoms with van der Waals surface area (Å²) in [6.07, 6.45) is 7.40. The zero-order valence-electron chi connectivity index (χ0n) is 15.3. The van der Waals surface area contributed by atoms with E-state index in [-0.39, 0.29) is 5.91 Å². The molecule has 4 saturated carbocycles. The minimum absolute atomic E-state index is 0.339. The van der Waals surface area contributed by atoms with Gasteiger partial charge in [0.1, 0.15) is 11.9 Å². The van der Waals surface area contributed by atoms with E-state index in [1.165, 1.54) is 32.1 Å². The van der Waals surface area contributed by atoms with Crippen LogP contribution in [0.5, 0.6) is 5.75 Å². The topological polar surface area (TPSA) is 64.3 Å². The zero-order valence-corrected chi connectivity index (χ0v) is 15.3. The van der Waals surface area contributed by atoms with Crippen molar-refractivity contribution in [2.75, 3.05) is 0 Å². The molecule has 1 amide bonds. The lowest BCUT2D eigenvalue weighted by Crippen LogP contribution is -2.50. The molecule has 5 rings (SSSR count). The van der Waals surface area contributed by atoms with Gasteiger partial charge in [0, 0.05) is 6.54 Å². The second-order valence-electron chi connectivity index (χ2n) is 9.00. The highest BCUT2D eigenvalue weighted by Crippen LogP contribution is 2.54. The summed E-state index contributed by atoms with van der Waals surface area (Å²) in [5.74, 6) is 4.14. The number of ether oxygens (including phenoxy) is 1. The van der Waals surface area contributed by atoms with Gasteiger partial charge in [-0.05, 0) is 87.3 Å². The first-order valence-electron chi connectivity index (χ1n) is 9.71. The molecule has 0 spiro atoms. The Labute approximate surface area is 150 Å². The fourth-order valence-corrected chi connectivity index (χ4v) is 5.32. The Bertz CT molecular complexity index is 610. The summed E-state index contributed by atoms with van der Waals surface area (Å²) in [5, 5.41) is 3.20. The zero-order chi connectivity index (χ0) is 17.6. The Morgan fingerprint density at radius 1 is 1.08 bits per heavy atom. The van der Waals surface area contributed by atoms with Crippen LogP contribution < -0.4 is 15.8 Å². The van der Waals surface area contributed by atoms with Gasteiger partial charge in [-0.1, -0.05) is 12.1 Å². The van der Waals surface area contributed by atoms with E-state index in [0.29, 0.717) is 12.6 Å². The highest BCUT2D eigenvalue weighted by Gasteiger charge is 2.49. The molecule has 1 aromatic carbocycles. The molecular formula is C21H30N2O2. The van der Waals surface area contributed by atoms with Crippen LogP contribution in [0.1, 0.15) is 51.5 Å². The highest BCUT2D eigenvalue weighted by atomic mass is 16.5. The van der Waals surface area contributed by atoms with Crippen LogP contribution in [0.2, 0.25) is 0 Å². The Balaban J connectivity index is 1.36. The monoisotopic (exact) mass is 342 g/mol. The molecule has 4 bridgehead atoms. The van der Waals surface area contributed by atoms with E-state index < -0.39 is 5.54 Å². The van der Waals surface area contributed by atoms with Crippen LogP contribution in [0.4, 0.5) is 0 Å². The van der Waals surface area contributed by atoms with E-state index >= 15 is 0 Å². The molecule has 0 aliphatic heterocycles. The first-order valence-corrected chi connectivity index (χ1v) is 9.71. The average molecular weight is 342 g/mol. The lowest BCUT2D eigenvalue weighted by Gasteiger charge is -2.53. The van der Waals surface area contributed by atoms with Crippen LogP contribution in [0.15, 0.2) is 24.3 Å². The van der Waals surface area contributed by atoms with Crippen LogP contribution >= 0.6 is 0 Å². The van der Waals surface area contributed by atoms with E-state index in [4.69, 9.17) is 10.5 Å². The Morgan fingerprint density at radius 3 is 2.16 bits per heavy atom. The molecule has 3 N–H and O–H groups in total. The summed E-state index contributed by atoms with van der Waals surface area (Å²) >= 11 is 0. The number of rotatable bonds is 6. The maximum absolute atomic E-state index is 11.4. The van der Waals surface area contributed by atoms with Gasteiger partial charge in [-0.15, -0.1) is 0 Å². The van der Waals surface area contributed by atoms with E-state index in [1.807, 2.05) is 0 Å². The summed E-state index contributed by atoms with van der Waals surface area (Å²) in [4.78, 5) is 11.4. The lowest BCUT2D eigenvalue weighted by molar-refractivity contribution is -0.123. The first kappa shape index (κ1) is 16.9. The first-order chi connectivity index (χ1) is 11.9. The van der Waals surface area contributed by atoms with E-state index in [2.05, 4.69) is 29.6 Å². The Morgan fingerprint density at radius 2 is 1.64 bits per heavy atom. The quantitative estimate of drug-likeness (QED) is 0.834. The van der Waals surface area contributed by atoms with Crippen LogP contribution in [0, 0.1) is 23.7 Å². The van der Waals surface area contributed by atoms with Crippen molar-refractivity contribution in [3.63, 3.8) is 0 Å². The predicted molar refractivity (Wildman–Crippen MR) is 98.0 cm³/mol. The summed E-state index contributed by atoms with van der Waals surface area (Å²) < 4.78 is 6.44. The van der Waals surface area contributed by atoms with E-state index in [1.54, 1.807) is 13.8 Å². The third kappa shape index (κ3) is 3.41. The van der Waals surface area contributed by atoms with Gasteiger partial charge >= 0.3 is 0 Å². The van der Waals surface area contributed by atoms with Crippen molar-refractivity contribution < 1.29 is 9.53 Å². The molecule has 0 radical (unpaired) electrons. The van der Waals surface area contributed by atoms with Crippen molar-refractivity contribution in [2.24, 2.45) is 29.4 Å². The number of nitrogens with one attached hydrogen (secondary N) is 1. The van der Waals surface area contributed by atoms with Crippen molar-refractivity contribution in [2.45, 2.75) is 64.1 Å². The molecule has 1 aromatic rings. The van der Waals surface area contributed by atoms with Gasteiger partial charge in [0.15, 0.2) is 0 Å². The van der Waals surface area contributed by atoms with Crippen LogP contribution in [0.3, 0.4) is 0 Å². The van der Waals surface area contributed by atoms with Gasteiger partial charge in [0.25, 0.3) is 0 Å². The number of carbonyl (C=O) groups excluding carboxylic acids is 1. The highest BCUT2D eigenvalue weighted by molar-refractivity contribution is 5.83. The number of benzene rings is 1.